The van der Waals surface area contributed by atoms with Crippen LogP contribution in [0, 0.1) is 0 Å². The van der Waals surface area contributed by atoms with Crippen molar-refractivity contribution in [1.82, 2.24) is 9.21 Å². The number of hydrogen-bond acceptors (Lipinski definition) is 4. The first-order valence-corrected chi connectivity index (χ1v) is 10.8. The fourth-order valence-corrected chi connectivity index (χ4v) is 4.91. The Morgan fingerprint density at radius 1 is 0.964 bits per heavy atom. The van der Waals surface area contributed by atoms with Gasteiger partial charge in [0.15, 0.2) is 5.76 Å². The Morgan fingerprint density at radius 3 is 2.36 bits per heavy atom. The second kappa shape index (κ2) is 7.41. The van der Waals surface area contributed by atoms with Gasteiger partial charge in [-0.3, -0.25) is 4.79 Å². The van der Waals surface area contributed by atoms with E-state index in [1.165, 1.54) is 4.31 Å². The van der Waals surface area contributed by atoms with Gasteiger partial charge in [-0.25, -0.2) is 8.42 Å². The minimum atomic E-state index is -3.60. The van der Waals surface area contributed by atoms with Crippen LogP contribution >= 0.6 is 0 Å². The van der Waals surface area contributed by atoms with E-state index in [0.717, 1.165) is 23.0 Å². The van der Waals surface area contributed by atoms with Gasteiger partial charge in [-0.15, -0.1) is 0 Å². The summed E-state index contributed by atoms with van der Waals surface area (Å²) in [5.74, 6) is 0.881. The lowest BCUT2D eigenvalue weighted by Gasteiger charge is -2.33. The molecule has 0 aliphatic carbocycles. The lowest BCUT2D eigenvalue weighted by molar-refractivity contribution is 0.0664. The van der Waals surface area contributed by atoms with Crippen LogP contribution in [0.15, 0.2) is 63.9 Å². The summed E-state index contributed by atoms with van der Waals surface area (Å²) in [6.45, 7) is 3.18. The molecule has 0 radical (unpaired) electrons. The number of benzene rings is 2. The van der Waals surface area contributed by atoms with E-state index in [1.54, 1.807) is 29.2 Å². The number of sulfonamides is 1. The lowest BCUT2D eigenvalue weighted by Crippen LogP contribution is -2.50. The molecule has 1 aliphatic heterocycles. The van der Waals surface area contributed by atoms with Crippen molar-refractivity contribution in [1.29, 1.82) is 0 Å². The summed E-state index contributed by atoms with van der Waals surface area (Å²) in [7, 11) is -3.60. The van der Waals surface area contributed by atoms with Crippen LogP contribution in [-0.4, -0.2) is 49.7 Å². The SMILES string of the molecule is CCc1ccc(C(=O)N2CCN(S(=O)(=O)c3ccc4ccccc4c3)CC2)o1. The summed E-state index contributed by atoms with van der Waals surface area (Å²) in [4.78, 5) is 14.5. The van der Waals surface area contributed by atoms with Gasteiger partial charge in [0, 0.05) is 32.6 Å². The largest absolute Gasteiger partial charge is 0.456 e. The van der Waals surface area contributed by atoms with Crippen molar-refractivity contribution in [3.05, 3.63) is 66.1 Å². The number of carbonyl (C=O) groups is 1. The number of nitrogens with zero attached hydrogens (tertiary/aromatic N) is 2. The Bertz CT molecular complexity index is 1110. The van der Waals surface area contributed by atoms with Gasteiger partial charge < -0.3 is 9.32 Å². The van der Waals surface area contributed by atoms with Gasteiger partial charge in [-0.1, -0.05) is 37.3 Å². The fraction of sp³-hybridized carbons (Fsp3) is 0.286. The Kier molecular flexibility index (Phi) is 4.95. The molecule has 6 nitrogen and oxygen atoms in total. The van der Waals surface area contributed by atoms with Crippen molar-refractivity contribution < 1.29 is 17.6 Å². The highest BCUT2D eigenvalue weighted by Crippen LogP contribution is 2.23. The molecule has 7 heteroatoms. The van der Waals surface area contributed by atoms with Gasteiger partial charge in [0.05, 0.1) is 4.90 Å². The minimum absolute atomic E-state index is 0.192. The van der Waals surface area contributed by atoms with Crippen LogP contribution in [0.2, 0.25) is 0 Å². The molecule has 1 amide bonds. The van der Waals surface area contributed by atoms with Gasteiger partial charge in [-0.05, 0) is 35.0 Å². The fourth-order valence-electron chi connectivity index (χ4n) is 3.45. The number of hydrogen-bond donors (Lipinski definition) is 0. The van der Waals surface area contributed by atoms with Crippen molar-refractivity contribution >= 4 is 26.7 Å². The zero-order valence-corrected chi connectivity index (χ0v) is 16.5. The Balaban J connectivity index is 1.48. The van der Waals surface area contributed by atoms with Crippen LogP contribution in [0.3, 0.4) is 0 Å². The van der Waals surface area contributed by atoms with E-state index in [4.69, 9.17) is 4.42 Å². The van der Waals surface area contributed by atoms with E-state index >= 15 is 0 Å². The van der Waals surface area contributed by atoms with Gasteiger partial charge >= 0.3 is 0 Å². The highest BCUT2D eigenvalue weighted by atomic mass is 32.2. The van der Waals surface area contributed by atoms with Crippen molar-refractivity contribution in [3.8, 4) is 0 Å². The highest BCUT2D eigenvalue weighted by Gasteiger charge is 2.31. The summed E-state index contributed by atoms with van der Waals surface area (Å²) in [5, 5.41) is 1.89. The summed E-state index contributed by atoms with van der Waals surface area (Å²) < 4.78 is 33.0. The highest BCUT2D eigenvalue weighted by molar-refractivity contribution is 7.89. The molecule has 0 saturated carbocycles. The molecule has 0 spiro atoms. The molecular formula is C21H22N2O4S. The normalized spacial score (nSPS) is 15.8. The summed E-state index contributed by atoms with van der Waals surface area (Å²) in [5.41, 5.74) is 0. The molecule has 146 valence electrons. The average molecular weight is 398 g/mol. The molecule has 0 N–H and O–H groups in total. The molecule has 1 aromatic heterocycles. The third-order valence-electron chi connectivity index (χ3n) is 5.11. The number of carbonyl (C=O) groups excluding carboxylic acids is 1. The van der Waals surface area contributed by atoms with Crippen LogP contribution in [0.4, 0.5) is 0 Å². The molecular weight excluding hydrogens is 376 g/mol. The van der Waals surface area contributed by atoms with Crippen molar-refractivity contribution in [2.45, 2.75) is 18.2 Å². The van der Waals surface area contributed by atoms with E-state index in [0.29, 0.717) is 18.8 Å². The predicted molar refractivity (Wildman–Crippen MR) is 107 cm³/mol. The minimum Gasteiger partial charge on any atom is -0.456 e. The predicted octanol–water partition coefficient (Wildman–Crippen LogP) is 3.14. The first-order chi connectivity index (χ1) is 13.5. The number of fused-ring (bicyclic) bond motifs is 1. The molecule has 0 unspecified atom stereocenters. The number of amides is 1. The molecule has 3 aromatic rings. The lowest BCUT2D eigenvalue weighted by atomic mass is 10.1. The van der Waals surface area contributed by atoms with E-state index in [2.05, 4.69) is 0 Å². The summed E-state index contributed by atoms with van der Waals surface area (Å²) >= 11 is 0. The maximum absolute atomic E-state index is 13.0. The first-order valence-electron chi connectivity index (χ1n) is 9.36. The summed E-state index contributed by atoms with van der Waals surface area (Å²) in [6, 6.07) is 16.3. The smallest absolute Gasteiger partial charge is 0.289 e. The Labute approximate surface area is 164 Å². The van der Waals surface area contributed by atoms with Gasteiger partial charge in [-0.2, -0.15) is 4.31 Å². The zero-order valence-electron chi connectivity index (χ0n) is 15.7. The van der Waals surface area contributed by atoms with Crippen LogP contribution in [0.1, 0.15) is 23.2 Å². The molecule has 1 fully saturated rings. The van der Waals surface area contributed by atoms with Gasteiger partial charge in [0.2, 0.25) is 10.0 Å². The van der Waals surface area contributed by atoms with E-state index < -0.39 is 10.0 Å². The average Bonchev–Trinajstić information content (AvgIpc) is 3.22. The first kappa shape index (κ1) is 18.7. The number of aryl methyl sites for hydroxylation is 1. The topological polar surface area (TPSA) is 70.8 Å². The van der Waals surface area contributed by atoms with Crippen molar-refractivity contribution in [3.63, 3.8) is 0 Å². The molecule has 1 aliphatic rings. The van der Waals surface area contributed by atoms with Crippen LogP contribution in [-0.2, 0) is 16.4 Å². The van der Waals surface area contributed by atoms with Gasteiger partial charge in [0.25, 0.3) is 5.91 Å². The standard InChI is InChI=1S/C21H22N2O4S/c1-2-18-8-10-20(27-18)21(24)22-11-13-23(14-12-22)28(25,26)19-9-7-16-5-3-4-6-17(16)15-19/h3-10,15H,2,11-14H2,1H3. The zero-order chi connectivity index (χ0) is 19.7. The maximum Gasteiger partial charge on any atom is 0.289 e. The molecule has 0 atom stereocenters. The molecule has 2 aromatic carbocycles. The molecule has 28 heavy (non-hydrogen) atoms. The maximum atomic E-state index is 13.0. The van der Waals surface area contributed by atoms with Crippen molar-refractivity contribution in [2.75, 3.05) is 26.2 Å². The monoisotopic (exact) mass is 398 g/mol. The quantitative estimate of drug-likeness (QED) is 0.677. The molecule has 4 rings (SSSR count). The van der Waals surface area contributed by atoms with Gasteiger partial charge in [0.1, 0.15) is 5.76 Å². The second-order valence-corrected chi connectivity index (χ2v) is 8.76. The third-order valence-corrected chi connectivity index (χ3v) is 7.00. The van der Waals surface area contributed by atoms with Crippen molar-refractivity contribution in [2.24, 2.45) is 0 Å². The Morgan fingerprint density at radius 2 is 1.68 bits per heavy atom. The summed E-state index contributed by atoms with van der Waals surface area (Å²) in [6.07, 6.45) is 0.727. The number of furan rings is 1. The van der Waals surface area contributed by atoms with Crippen LogP contribution < -0.4 is 0 Å². The third kappa shape index (κ3) is 3.43. The van der Waals surface area contributed by atoms with E-state index in [1.807, 2.05) is 37.3 Å². The molecule has 0 bridgehead atoms. The molecule has 2 heterocycles. The molecule has 1 saturated heterocycles. The number of rotatable bonds is 4. The second-order valence-electron chi connectivity index (χ2n) is 6.82. The van der Waals surface area contributed by atoms with E-state index in [9.17, 15) is 13.2 Å². The van der Waals surface area contributed by atoms with Crippen LogP contribution in [0.25, 0.3) is 10.8 Å². The van der Waals surface area contributed by atoms with E-state index in [-0.39, 0.29) is 23.9 Å². The Hall–Kier alpha value is -2.64. The number of piperazine rings is 1. The van der Waals surface area contributed by atoms with Crippen LogP contribution in [0.5, 0.6) is 0 Å².